The van der Waals surface area contributed by atoms with E-state index in [2.05, 4.69) is 10.3 Å². The fraction of sp³-hybridized carbons (Fsp3) is 0.357. The molecule has 18 heavy (non-hydrogen) atoms. The Morgan fingerprint density at radius 1 is 1.33 bits per heavy atom. The van der Waals surface area contributed by atoms with Crippen molar-refractivity contribution in [3.63, 3.8) is 0 Å². The lowest BCUT2D eigenvalue weighted by Crippen LogP contribution is -2.12. The largest absolute Gasteiger partial charge is 0.497 e. The molecule has 0 aliphatic carbocycles. The number of nitrogens with one attached hydrogen (secondary N) is 1. The molecular weight excluding hydrogens is 228 g/mol. The zero-order valence-corrected chi connectivity index (χ0v) is 10.3. The number of ether oxygens (including phenoxy) is 1. The third-order valence-corrected chi connectivity index (χ3v) is 3.27. The molecule has 94 valence electrons. The summed E-state index contributed by atoms with van der Waals surface area (Å²) in [6, 6.07) is 8.11. The van der Waals surface area contributed by atoms with Crippen LogP contribution in [0.1, 0.15) is 24.8 Å². The van der Waals surface area contributed by atoms with Crippen LogP contribution in [-0.2, 0) is 0 Å². The van der Waals surface area contributed by atoms with E-state index in [4.69, 9.17) is 9.15 Å². The number of methoxy groups -OCH3 is 1. The summed E-state index contributed by atoms with van der Waals surface area (Å²) in [5.74, 6) is 1.64. The maximum Gasteiger partial charge on any atom is 0.211 e. The fourth-order valence-corrected chi connectivity index (χ4v) is 2.24. The van der Waals surface area contributed by atoms with Crippen molar-refractivity contribution in [3.05, 3.63) is 36.4 Å². The van der Waals surface area contributed by atoms with Gasteiger partial charge in [-0.3, -0.25) is 0 Å². The van der Waals surface area contributed by atoms with Gasteiger partial charge in [0.15, 0.2) is 0 Å². The molecule has 1 fully saturated rings. The molecule has 1 unspecified atom stereocenters. The van der Waals surface area contributed by atoms with Crippen molar-refractivity contribution in [1.29, 1.82) is 0 Å². The Hall–Kier alpha value is -1.81. The summed E-state index contributed by atoms with van der Waals surface area (Å²) in [5, 5.41) is 3.38. The second kappa shape index (κ2) is 4.82. The van der Waals surface area contributed by atoms with Gasteiger partial charge < -0.3 is 14.5 Å². The van der Waals surface area contributed by atoms with E-state index < -0.39 is 0 Å². The van der Waals surface area contributed by atoms with E-state index in [9.17, 15) is 0 Å². The third kappa shape index (κ3) is 2.11. The van der Waals surface area contributed by atoms with Gasteiger partial charge in [-0.05, 0) is 43.7 Å². The van der Waals surface area contributed by atoms with Gasteiger partial charge in [0.25, 0.3) is 0 Å². The van der Waals surface area contributed by atoms with Gasteiger partial charge in [0, 0.05) is 5.56 Å². The molecule has 1 atom stereocenters. The zero-order chi connectivity index (χ0) is 12.4. The monoisotopic (exact) mass is 244 g/mol. The van der Waals surface area contributed by atoms with Gasteiger partial charge in [-0.1, -0.05) is 0 Å². The van der Waals surface area contributed by atoms with E-state index in [-0.39, 0.29) is 6.04 Å². The predicted octanol–water partition coefficient (Wildman–Crippen LogP) is 2.77. The predicted molar refractivity (Wildman–Crippen MR) is 68.5 cm³/mol. The van der Waals surface area contributed by atoms with Crippen molar-refractivity contribution in [2.45, 2.75) is 18.9 Å². The second-order valence-electron chi connectivity index (χ2n) is 4.45. The highest BCUT2D eigenvalue weighted by atomic mass is 16.5. The Kier molecular flexibility index (Phi) is 3.02. The molecule has 1 aromatic heterocycles. The van der Waals surface area contributed by atoms with Crippen molar-refractivity contribution in [2.75, 3.05) is 13.7 Å². The van der Waals surface area contributed by atoms with Crippen LogP contribution >= 0.6 is 0 Å². The van der Waals surface area contributed by atoms with Crippen LogP contribution in [0.2, 0.25) is 0 Å². The number of hydrogen-bond acceptors (Lipinski definition) is 4. The molecule has 0 bridgehead atoms. The number of nitrogens with zero attached hydrogens (tertiary/aromatic N) is 1. The maximum atomic E-state index is 5.55. The van der Waals surface area contributed by atoms with E-state index >= 15 is 0 Å². The van der Waals surface area contributed by atoms with Crippen LogP contribution in [0.25, 0.3) is 11.3 Å². The van der Waals surface area contributed by atoms with E-state index in [1.807, 2.05) is 24.3 Å². The summed E-state index contributed by atoms with van der Waals surface area (Å²) < 4.78 is 10.7. The molecule has 1 aliphatic rings. The summed E-state index contributed by atoms with van der Waals surface area (Å²) >= 11 is 0. The lowest BCUT2D eigenvalue weighted by molar-refractivity contribution is 0.415. The van der Waals surface area contributed by atoms with E-state index in [1.54, 1.807) is 13.4 Å². The SMILES string of the molecule is COc1ccc(-c2coc(C3CCCN3)n2)cc1. The van der Waals surface area contributed by atoms with Crippen molar-refractivity contribution in [3.8, 4) is 17.0 Å². The van der Waals surface area contributed by atoms with Crippen molar-refractivity contribution < 1.29 is 9.15 Å². The van der Waals surface area contributed by atoms with Crippen LogP contribution in [-0.4, -0.2) is 18.6 Å². The highest BCUT2D eigenvalue weighted by Crippen LogP contribution is 2.26. The summed E-state index contributed by atoms with van der Waals surface area (Å²) in [5.41, 5.74) is 1.92. The minimum absolute atomic E-state index is 0.275. The van der Waals surface area contributed by atoms with Gasteiger partial charge in [-0.25, -0.2) is 4.98 Å². The minimum atomic E-state index is 0.275. The molecule has 1 aliphatic heterocycles. The molecule has 4 nitrogen and oxygen atoms in total. The molecule has 0 saturated carbocycles. The topological polar surface area (TPSA) is 47.3 Å². The highest BCUT2D eigenvalue weighted by molar-refractivity contribution is 5.59. The van der Waals surface area contributed by atoms with Crippen LogP contribution < -0.4 is 10.1 Å². The van der Waals surface area contributed by atoms with Crippen molar-refractivity contribution in [1.82, 2.24) is 10.3 Å². The van der Waals surface area contributed by atoms with Gasteiger partial charge in [-0.2, -0.15) is 0 Å². The highest BCUT2D eigenvalue weighted by Gasteiger charge is 2.21. The molecule has 1 saturated heterocycles. The normalized spacial score (nSPS) is 19.1. The molecule has 4 heteroatoms. The molecule has 3 rings (SSSR count). The van der Waals surface area contributed by atoms with E-state index in [0.717, 1.165) is 35.9 Å². The van der Waals surface area contributed by atoms with Crippen LogP contribution in [0, 0.1) is 0 Å². The summed E-state index contributed by atoms with van der Waals surface area (Å²) in [6.45, 7) is 1.05. The maximum absolute atomic E-state index is 5.55. The van der Waals surface area contributed by atoms with Crippen molar-refractivity contribution in [2.24, 2.45) is 0 Å². The molecule has 1 aromatic carbocycles. The van der Waals surface area contributed by atoms with E-state index in [0.29, 0.717) is 0 Å². The van der Waals surface area contributed by atoms with Crippen LogP contribution in [0.3, 0.4) is 0 Å². The summed E-state index contributed by atoms with van der Waals surface area (Å²) in [7, 11) is 1.66. The molecule has 1 N–H and O–H groups in total. The lowest BCUT2D eigenvalue weighted by Gasteiger charge is -2.03. The molecule has 0 amide bonds. The molecular formula is C14H16N2O2. The Morgan fingerprint density at radius 3 is 2.83 bits per heavy atom. The van der Waals surface area contributed by atoms with Gasteiger partial charge >= 0.3 is 0 Å². The number of hydrogen-bond donors (Lipinski definition) is 1. The second-order valence-corrected chi connectivity index (χ2v) is 4.45. The van der Waals surface area contributed by atoms with Gasteiger partial charge in [-0.15, -0.1) is 0 Å². The first-order valence-corrected chi connectivity index (χ1v) is 6.20. The molecule has 0 spiro atoms. The Labute approximate surface area is 106 Å². The number of aromatic nitrogens is 1. The van der Waals surface area contributed by atoms with Crippen LogP contribution in [0.15, 0.2) is 34.9 Å². The minimum Gasteiger partial charge on any atom is -0.497 e. The first kappa shape index (κ1) is 11.3. The third-order valence-electron chi connectivity index (χ3n) is 3.27. The quantitative estimate of drug-likeness (QED) is 0.901. The lowest BCUT2D eigenvalue weighted by atomic mass is 10.1. The van der Waals surface area contributed by atoms with E-state index in [1.165, 1.54) is 6.42 Å². The number of benzene rings is 1. The average molecular weight is 244 g/mol. The van der Waals surface area contributed by atoms with Crippen molar-refractivity contribution >= 4 is 0 Å². The van der Waals surface area contributed by atoms with Crippen LogP contribution in [0.5, 0.6) is 5.75 Å². The number of rotatable bonds is 3. The van der Waals surface area contributed by atoms with Gasteiger partial charge in [0.2, 0.25) is 5.89 Å². The zero-order valence-electron chi connectivity index (χ0n) is 10.3. The molecule has 0 radical (unpaired) electrons. The van der Waals surface area contributed by atoms with Gasteiger partial charge in [0.1, 0.15) is 17.7 Å². The Bertz CT molecular complexity index is 513. The summed E-state index contributed by atoms with van der Waals surface area (Å²) in [6.07, 6.45) is 4.00. The number of oxazole rings is 1. The van der Waals surface area contributed by atoms with Gasteiger partial charge in [0.05, 0.1) is 13.2 Å². The standard InChI is InChI=1S/C14H16N2O2/c1-17-11-6-4-10(5-7-11)13-9-18-14(16-13)12-3-2-8-15-12/h4-7,9,12,15H,2-3,8H2,1H3. The smallest absolute Gasteiger partial charge is 0.211 e. The summed E-state index contributed by atoms with van der Waals surface area (Å²) in [4.78, 5) is 4.55. The Balaban J connectivity index is 1.82. The first-order valence-electron chi connectivity index (χ1n) is 6.20. The molecule has 2 heterocycles. The Morgan fingerprint density at radius 2 is 2.17 bits per heavy atom. The fourth-order valence-electron chi connectivity index (χ4n) is 2.24. The first-order chi connectivity index (χ1) is 8.86. The average Bonchev–Trinajstić information content (AvgIpc) is 3.09. The van der Waals surface area contributed by atoms with Crippen LogP contribution in [0.4, 0.5) is 0 Å². The molecule has 2 aromatic rings.